The van der Waals surface area contributed by atoms with E-state index in [2.05, 4.69) is 10.6 Å². The number of carbonyl (C=O) groups excluding carboxylic acids is 1. The predicted molar refractivity (Wildman–Crippen MR) is 180 cm³/mol. The fraction of sp³-hybridized carbons (Fsp3) is 0.400. The second kappa shape index (κ2) is 10.7. The van der Waals surface area contributed by atoms with Crippen LogP contribution in [0, 0.1) is 12.8 Å². The Hall–Kier alpha value is -4.62. The highest BCUT2D eigenvalue weighted by atomic mass is 32.2. The molecule has 9 rings (SSSR count). The van der Waals surface area contributed by atoms with E-state index in [0.717, 1.165) is 61.1 Å². The highest BCUT2D eigenvalue weighted by molar-refractivity contribution is 7.93. The van der Waals surface area contributed by atoms with Gasteiger partial charge < -0.3 is 24.7 Å². The van der Waals surface area contributed by atoms with Crippen LogP contribution >= 0.6 is 0 Å². The molecule has 5 aromatic rings. The SMILES string of the molecule is COc1cc(C(=O)N2[C@H]3CC[C@@H]2[C@H](N)C3)cc2nc(-c3cc4ccc(N5CCOc6ccccc6S5(=O)=O)nc4n3CC3CC3)c(C)n12. The molecule has 3 atom stereocenters. The lowest BCUT2D eigenvalue weighted by Gasteiger charge is -2.23. The summed E-state index contributed by atoms with van der Waals surface area (Å²) >= 11 is 0. The summed E-state index contributed by atoms with van der Waals surface area (Å²) in [6.07, 6.45) is 5.02. The summed E-state index contributed by atoms with van der Waals surface area (Å²) in [7, 11) is -2.29. The Labute approximate surface area is 278 Å². The molecule has 3 fully saturated rings. The van der Waals surface area contributed by atoms with Crippen molar-refractivity contribution in [3.05, 3.63) is 65.9 Å². The van der Waals surface area contributed by atoms with Crippen molar-refractivity contribution < 1.29 is 22.7 Å². The number of para-hydroxylation sites is 1. The van der Waals surface area contributed by atoms with Crippen LogP contribution in [-0.4, -0.2) is 76.5 Å². The Morgan fingerprint density at radius 1 is 1.06 bits per heavy atom. The minimum Gasteiger partial charge on any atom is -0.490 e. The second-order valence-corrected chi connectivity index (χ2v) is 15.3. The molecule has 4 aliphatic rings. The van der Waals surface area contributed by atoms with Gasteiger partial charge in [-0.05, 0) is 81.3 Å². The highest BCUT2D eigenvalue weighted by Crippen LogP contribution is 2.40. The van der Waals surface area contributed by atoms with Crippen LogP contribution in [0.4, 0.5) is 5.82 Å². The topological polar surface area (TPSA) is 137 Å². The van der Waals surface area contributed by atoms with Crippen molar-refractivity contribution in [1.29, 1.82) is 0 Å². The second-order valence-electron chi connectivity index (χ2n) is 13.5. The lowest BCUT2D eigenvalue weighted by molar-refractivity contribution is 0.0726. The van der Waals surface area contributed by atoms with E-state index in [1.54, 1.807) is 43.5 Å². The van der Waals surface area contributed by atoms with Crippen LogP contribution < -0.4 is 19.5 Å². The maximum absolute atomic E-state index is 13.8. The summed E-state index contributed by atoms with van der Waals surface area (Å²) in [6, 6.07) is 16.4. The molecule has 2 N–H and O–H groups in total. The summed E-state index contributed by atoms with van der Waals surface area (Å²) < 4.78 is 44.7. The molecule has 248 valence electrons. The Kier molecular flexibility index (Phi) is 6.57. The summed E-state index contributed by atoms with van der Waals surface area (Å²) in [4.78, 5) is 26.0. The van der Waals surface area contributed by atoms with Gasteiger partial charge in [-0.25, -0.2) is 22.7 Å². The van der Waals surface area contributed by atoms with Crippen molar-refractivity contribution in [3.63, 3.8) is 0 Å². The molecule has 0 unspecified atom stereocenters. The lowest BCUT2D eigenvalue weighted by Crippen LogP contribution is -2.40. The van der Waals surface area contributed by atoms with E-state index in [9.17, 15) is 13.2 Å². The Morgan fingerprint density at radius 3 is 2.65 bits per heavy atom. The molecule has 13 heteroatoms. The van der Waals surface area contributed by atoms with Crippen LogP contribution in [0.25, 0.3) is 28.1 Å². The van der Waals surface area contributed by atoms with Crippen LogP contribution in [0.1, 0.15) is 48.2 Å². The zero-order valence-corrected chi connectivity index (χ0v) is 27.7. The molecule has 1 amide bonds. The van der Waals surface area contributed by atoms with E-state index >= 15 is 0 Å². The maximum Gasteiger partial charge on any atom is 0.269 e. The van der Waals surface area contributed by atoms with Gasteiger partial charge in [0.2, 0.25) is 0 Å². The van der Waals surface area contributed by atoms with E-state index < -0.39 is 10.0 Å². The van der Waals surface area contributed by atoms with Crippen molar-refractivity contribution in [2.24, 2.45) is 11.7 Å². The van der Waals surface area contributed by atoms with Gasteiger partial charge in [-0.1, -0.05) is 12.1 Å². The van der Waals surface area contributed by atoms with Gasteiger partial charge in [0.15, 0.2) is 5.88 Å². The molecule has 4 aromatic heterocycles. The van der Waals surface area contributed by atoms with Gasteiger partial charge in [-0.3, -0.25) is 9.20 Å². The Balaban J connectivity index is 1.15. The number of sulfonamides is 1. The quantitative estimate of drug-likeness (QED) is 0.282. The average molecular weight is 668 g/mol. The number of hydrogen-bond donors (Lipinski definition) is 1. The number of nitrogens with zero attached hydrogens (tertiary/aromatic N) is 6. The zero-order valence-electron chi connectivity index (χ0n) is 26.9. The van der Waals surface area contributed by atoms with E-state index in [1.807, 2.05) is 28.4 Å². The normalized spacial score (nSPS) is 23.0. The number of nitrogens with two attached hydrogens (primary N) is 1. The van der Waals surface area contributed by atoms with Gasteiger partial charge in [0.25, 0.3) is 15.9 Å². The van der Waals surface area contributed by atoms with Gasteiger partial charge in [-0.15, -0.1) is 0 Å². The number of imidazole rings is 1. The molecule has 0 radical (unpaired) electrons. The number of methoxy groups -OCH3 is 1. The number of rotatable bonds is 6. The monoisotopic (exact) mass is 667 g/mol. The Bertz CT molecular complexity index is 2240. The number of amides is 1. The van der Waals surface area contributed by atoms with E-state index in [-0.39, 0.29) is 42.1 Å². The number of fused-ring (bicyclic) bond motifs is 5. The van der Waals surface area contributed by atoms with E-state index in [4.69, 9.17) is 25.2 Å². The number of benzene rings is 1. The fourth-order valence-corrected chi connectivity index (χ4v) is 9.52. The van der Waals surface area contributed by atoms with E-state index in [0.29, 0.717) is 40.2 Å². The Morgan fingerprint density at radius 2 is 1.90 bits per heavy atom. The van der Waals surface area contributed by atoms with E-state index in [1.165, 1.54) is 4.31 Å². The lowest BCUT2D eigenvalue weighted by atomic mass is 9.97. The smallest absolute Gasteiger partial charge is 0.269 e. The van der Waals surface area contributed by atoms with Gasteiger partial charge in [0.05, 0.1) is 25.0 Å². The molecular formula is C35H37N7O5S. The van der Waals surface area contributed by atoms with Crippen LogP contribution in [0.3, 0.4) is 0 Å². The van der Waals surface area contributed by atoms with Crippen molar-refractivity contribution in [1.82, 2.24) is 23.8 Å². The standard InChI is InChI=1S/C35H37N7O5S/c1-20-33(37-31-16-23(17-32(46-2)41(20)31)35(43)42-24-10-11-26(42)25(36)18-24)27-15-22-9-12-30(38-34(22)39(27)19-21-7-8-21)40-13-14-47-28-5-3-4-6-29(28)48(40,44)45/h3-6,9,12,15-17,21,24-26H,7-8,10-11,13-14,18-19,36H2,1-2H3/t24-,25+,26+/m0/s1. The molecular weight excluding hydrogens is 630 g/mol. The first kappa shape index (κ1) is 29.5. The molecule has 0 spiro atoms. The molecule has 1 aromatic carbocycles. The minimum absolute atomic E-state index is 0.0183. The van der Waals surface area contributed by atoms with Crippen molar-refractivity contribution >= 4 is 38.4 Å². The average Bonchev–Trinajstić information content (AvgIpc) is 3.46. The van der Waals surface area contributed by atoms with Gasteiger partial charge in [0, 0.05) is 41.7 Å². The third-order valence-corrected chi connectivity index (χ3v) is 12.4. The van der Waals surface area contributed by atoms with Gasteiger partial charge >= 0.3 is 0 Å². The van der Waals surface area contributed by atoms with Gasteiger partial charge in [-0.2, -0.15) is 0 Å². The number of aromatic nitrogens is 4. The molecule has 2 saturated heterocycles. The number of anilines is 1. The summed E-state index contributed by atoms with van der Waals surface area (Å²) in [6.45, 7) is 3.09. The highest BCUT2D eigenvalue weighted by Gasteiger charge is 2.47. The fourth-order valence-electron chi connectivity index (χ4n) is 7.99. The molecule has 7 heterocycles. The molecule has 1 aliphatic carbocycles. The number of carbonyl (C=O) groups is 1. The van der Waals surface area contributed by atoms with Crippen molar-refractivity contribution in [2.45, 2.75) is 68.6 Å². The third kappa shape index (κ3) is 4.43. The first-order valence-electron chi connectivity index (χ1n) is 16.6. The molecule has 1 saturated carbocycles. The van der Waals surface area contributed by atoms with Gasteiger partial charge in [0.1, 0.15) is 40.1 Å². The summed E-state index contributed by atoms with van der Waals surface area (Å²) in [5.41, 5.74) is 10.7. The molecule has 12 nitrogen and oxygen atoms in total. The summed E-state index contributed by atoms with van der Waals surface area (Å²) in [5.74, 6) is 1.69. The maximum atomic E-state index is 13.8. The number of hydrogen-bond acceptors (Lipinski definition) is 8. The van der Waals surface area contributed by atoms with Crippen molar-refractivity contribution in [3.8, 4) is 23.0 Å². The van der Waals surface area contributed by atoms with Crippen LogP contribution in [0.15, 0.2) is 59.5 Å². The number of pyridine rings is 2. The molecule has 48 heavy (non-hydrogen) atoms. The van der Waals surface area contributed by atoms with Crippen LogP contribution in [0.5, 0.6) is 11.6 Å². The largest absolute Gasteiger partial charge is 0.490 e. The summed E-state index contributed by atoms with van der Waals surface area (Å²) in [5, 5.41) is 0.887. The van der Waals surface area contributed by atoms with Crippen LogP contribution in [-0.2, 0) is 16.6 Å². The minimum atomic E-state index is -3.90. The van der Waals surface area contributed by atoms with Crippen LogP contribution in [0.2, 0.25) is 0 Å². The molecule has 2 bridgehead atoms. The first-order valence-corrected chi connectivity index (χ1v) is 18.1. The molecule has 3 aliphatic heterocycles. The zero-order chi connectivity index (χ0) is 32.9. The number of aryl methyl sites for hydroxylation is 1. The van der Waals surface area contributed by atoms with Crippen molar-refractivity contribution in [2.75, 3.05) is 24.6 Å². The number of ether oxygens (including phenoxy) is 2. The first-order chi connectivity index (χ1) is 23.2. The predicted octanol–water partition coefficient (Wildman–Crippen LogP) is 4.37. The third-order valence-electron chi connectivity index (χ3n) is 10.5.